The van der Waals surface area contributed by atoms with Crippen LogP contribution in [0.3, 0.4) is 0 Å². The monoisotopic (exact) mass is 325 g/mol. The number of halogens is 1. The maximum Gasteiger partial charge on any atom is 0.119 e. The van der Waals surface area contributed by atoms with Crippen molar-refractivity contribution in [3.8, 4) is 11.5 Å². The molecule has 114 valence electrons. The smallest absolute Gasteiger partial charge is 0.119 e. The normalized spacial score (nSPS) is 10.6. The van der Waals surface area contributed by atoms with E-state index < -0.39 is 0 Å². The summed E-state index contributed by atoms with van der Waals surface area (Å²) in [4.78, 5) is 1.23. The van der Waals surface area contributed by atoms with Gasteiger partial charge in [0.25, 0.3) is 0 Å². The van der Waals surface area contributed by atoms with Crippen LogP contribution in [0.1, 0.15) is 18.2 Å². The van der Waals surface area contributed by atoms with Gasteiger partial charge in [-0.15, -0.1) is 11.3 Å². The molecule has 0 spiro atoms. The molecule has 3 nitrogen and oxygen atoms in total. The highest BCUT2D eigenvalue weighted by Gasteiger charge is 1.98. The lowest BCUT2D eigenvalue weighted by Crippen LogP contribution is -2.20. The molecule has 0 aliphatic carbocycles. The van der Waals surface area contributed by atoms with Crippen LogP contribution in [0.25, 0.3) is 0 Å². The molecule has 2 rings (SSSR count). The molecule has 5 heteroatoms. The van der Waals surface area contributed by atoms with E-state index in [1.165, 1.54) is 4.88 Å². The summed E-state index contributed by atoms with van der Waals surface area (Å²) in [6.07, 6.45) is 1.01. The van der Waals surface area contributed by atoms with E-state index >= 15 is 0 Å². The van der Waals surface area contributed by atoms with Crippen molar-refractivity contribution >= 4 is 22.9 Å². The molecule has 1 N–H and O–H groups in total. The van der Waals surface area contributed by atoms with Crippen molar-refractivity contribution < 1.29 is 9.47 Å². The van der Waals surface area contributed by atoms with Crippen molar-refractivity contribution in [3.63, 3.8) is 0 Å². The lowest BCUT2D eigenvalue weighted by Gasteiger charge is -2.08. The van der Waals surface area contributed by atoms with Gasteiger partial charge in [0.05, 0.1) is 10.9 Å². The molecule has 0 radical (unpaired) electrons. The fourth-order valence-corrected chi connectivity index (χ4v) is 2.81. The maximum atomic E-state index is 5.88. The Morgan fingerprint density at radius 1 is 1.00 bits per heavy atom. The van der Waals surface area contributed by atoms with Crippen molar-refractivity contribution in [1.29, 1.82) is 0 Å². The zero-order chi connectivity index (χ0) is 14.9. The molecule has 0 saturated carbocycles. The van der Waals surface area contributed by atoms with Crippen LogP contribution in [0.4, 0.5) is 0 Å². The van der Waals surface area contributed by atoms with E-state index in [0.29, 0.717) is 6.61 Å². The van der Waals surface area contributed by atoms with Gasteiger partial charge in [-0.3, -0.25) is 0 Å². The van der Waals surface area contributed by atoms with Gasteiger partial charge in [0.15, 0.2) is 0 Å². The molecule has 0 aliphatic rings. The number of nitrogens with one attached hydrogen (secondary N) is 1. The molecule has 0 saturated heterocycles. The Morgan fingerprint density at radius 2 is 1.67 bits per heavy atom. The van der Waals surface area contributed by atoms with E-state index in [-0.39, 0.29) is 0 Å². The van der Waals surface area contributed by atoms with Crippen LogP contribution in [-0.2, 0) is 6.54 Å². The Kier molecular flexibility index (Phi) is 6.86. The first-order chi connectivity index (χ1) is 10.3. The summed E-state index contributed by atoms with van der Waals surface area (Å²) in [5.74, 6) is 1.75. The van der Waals surface area contributed by atoms with Crippen molar-refractivity contribution in [2.24, 2.45) is 0 Å². The first-order valence-corrected chi connectivity index (χ1v) is 8.28. The Balaban J connectivity index is 1.62. The van der Waals surface area contributed by atoms with Gasteiger partial charge in [0.2, 0.25) is 0 Å². The lowest BCUT2D eigenvalue weighted by atomic mass is 10.3. The van der Waals surface area contributed by atoms with Gasteiger partial charge in [-0.25, -0.2) is 0 Å². The summed E-state index contributed by atoms with van der Waals surface area (Å²) >= 11 is 7.48. The highest BCUT2D eigenvalue weighted by molar-refractivity contribution is 7.16. The number of benzene rings is 1. The summed E-state index contributed by atoms with van der Waals surface area (Å²) in [5.41, 5.74) is 0. The molecule has 1 aromatic carbocycles. The van der Waals surface area contributed by atoms with Crippen LogP contribution in [0.2, 0.25) is 4.34 Å². The maximum absolute atomic E-state index is 5.88. The van der Waals surface area contributed by atoms with E-state index in [0.717, 1.165) is 42.0 Å². The first kappa shape index (κ1) is 16.1. The van der Waals surface area contributed by atoms with E-state index in [4.69, 9.17) is 21.1 Å². The topological polar surface area (TPSA) is 30.5 Å². The average Bonchev–Trinajstić information content (AvgIpc) is 2.91. The minimum absolute atomic E-state index is 0.633. The van der Waals surface area contributed by atoms with Gasteiger partial charge >= 0.3 is 0 Å². The van der Waals surface area contributed by atoms with Crippen molar-refractivity contribution in [1.82, 2.24) is 5.32 Å². The molecule has 1 heterocycles. The molecule has 0 aliphatic heterocycles. The summed E-state index contributed by atoms with van der Waals surface area (Å²) in [6, 6.07) is 11.7. The number of ether oxygens (including phenoxy) is 2. The van der Waals surface area contributed by atoms with E-state index in [1.54, 1.807) is 11.3 Å². The standard InChI is InChI=1S/C16H20ClNO2S/c1-2-10-19-13-3-5-14(6-4-13)20-11-9-18-12-15-7-8-16(17)21-15/h3-8,18H,2,9-12H2,1H3. The molecule has 0 unspecified atom stereocenters. The largest absolute Gasteiger partial charge is 0.494 e. The molecule has 0 atom stereocenters. The van der Waals surface area contributed by atoms with E-state index in [1.807, 2.05) is 36.4 Å². The van der Waals surface area contributed by atoms with Gasteiger partial charge in [-0.1, -0.05) is 18.5 Å². The zero-order valence-corrected chi connectivity index (χ0v) is 13.7. The van der Waals surface area contributed by atoms with Crippen molar-refractivity contribution in [3.05, 3.63) is 45.6 Å². The second-order valence-corrected chi connectivity index (χ2v) is 6.35. The summed E-state index contributed by atoms with van der Waals surface area (Å²) in [6.45, 7) is 5.09. The number of thiophene rings is 1. The molecule has 0 amide bonds. The Morgan fingerprint density at radius 3 is 2.24 bits per heavy atom. The fraction of sp³-hybridized carbons (Fsp3) is 0.375. The highest BCUT2D eigenvalue weighted by atomic mass is 35.5. The second kappa shape index (κ2) is 8.93. The lowest BCUT2D eigenvalue weighted by molar-refractivity contribution is 0.307. The molecule has 0 bridgehead atoms. The Bertz CT molecular complexity index is 527. The van der Waals surface area contributed by atoms with Gasteiger partial charge in [0.1, 0.15) is 18.1 Å². The van der Waals surface area contributed by atoms with Crippen molar-refractivity contribution in [2.75, 3.05) is 19.8 Å². The molecule has 21 heavy (non-hydrogen) atoms. The first-order valence-electron chi connectivity index (χ1n) is 7.08. The van der Waals surface area contributed by atoms with Gasteiger partial charge in [-0.05, 0) is 42.8 Å². The highest BCUT2D eigenvalue weighted by Crippen LogP contribution is 2.21. The van der Waals surface area contributed by atoms with Crippen LogP contribution < -0.4 is 14.8 Å². The Hall–Kier alpha value is -1.23. The van der Waals surface area contributed by atoms with Gasteiger partial charge < -0.3 is 14.8 Å². The minimum atomic E-state index is 0.633. The molecular formula is C16H20ClNO2S. The minimum Gasteiger partial charge on any atom is -0.494 e. The van der Waals surface area contributed by atoms with Crippen LogP contribution >= 0.6 is 22.9 Å². The summed E-state index contributed by atoms with van der Waals surface area (Å²) in [7, 11) is 0. The third-order valence-corrected chi connectivity index (χ3v) is 4.00. The molecular weight excluding hydrogens is 306 g/mol. The zero-order valence-electron chi connectivity index (χ0n) is 12.1. The fourth-order valence-electron chi connectivity index (χ4n) is 1.75. The van der Waals surface area contributed by atoms with Crippen LogP contribution in [0, 0.1) is 0 Å². The third-order valence-electron chi connectivity index (χ3n) is 2.77. The average molecular weight is 326 g/mol. The number of rotatable bonds is 9. The predicted octanol–water partition coefficient (Wildman–Crippen LogP) is 4.36. The van der Waals surface area contributed by atoms with E-state index in [2.05, 4.69) is 12.2 Å². The van der Waals surface area contributed by atoms with Crippen LogP contribution in [0.15, 0.2) is 36.4 Å². The number of hydrogen-bond acceptors (Lipinski definition) is 4. The van der Waals surface area contributed by atoms with Gasteiger partial charge in [0, 0.05) is 18.0 Å². The summed E-state index contributed by atoms with van der Waals surface area (Å²) in [5, 5.41) is 3.33. The van der Waals surface area contributed by atoms with Crippen LogP contribution in [0.5, 0.6) is 11.5 Å². The van der Waals surface area contributed by atoms with Crippen LogP contribution in [-0.4, -0.2) is 19.8 Å². The van der Waals surface area contributed by atoms with E-state index in [9.17, 15) is 0 Å². The third kappa shape index (κ3) is 5.96. The summed E-state index contributed by atoms with van der Waals surface area (Å²) < 4.78 is 12.0. The van der Waals surface area contributed by atoms with Gasteiger partial charge in [-0.2, -0.15) is 0 Å². The number of hydrogen-bond donors (Lipinski definition) is 1. The predicted molar refractivity (Wildman–Crippen MR) is 88.8 cm³/mol. The second-order valence-electron chi connectivity index (χ2n) is 4.55. The molecule has 1 aromatic heterocycles. The molecule has 2 aromatic rings. The quantitative estimate of drug-likeness (QED) is 0.695. The van der Waals surface area contributed by atoms with Crippen molar-refractivity contribution in [2.45, 2.75) is 19.9 Å². The SMILES string of the molecule is CCCOc1ccc(OCCNCc2ccc(Cl)s2)cc1. The molecule has 0 fully saturated rings. The Labute approximate surface area is 134 Å².